The number of amides is 1. The Bertz CT molecular complexity index is 951. The van der Waals surface area contributed by atoms with Crippen molar-refractivity contribution in [2.45, 2.75) is 71.3 Å². The van der Waals surface area contributed by atoms with Gasteiger partial charge in [0.05, 0.1) is 12.7 Å². The van der Waals surface area contributed by atoms with Crippen molar-refractivity contribution >= 4 is 5.91 Å². The molecule has 0 radical (unpaired) electrons. The van der Waals surface area contributed by atoms with Gasteiger partial charge in [-0.15, -0.1) is 0 Å². The van der Waals surface area contributed by atoms with Crippen LogP contribution in [-0.4, -0.2) is 28.8 Å². The topological polar surface area (TPSA) is 69.6 Å². The molecule has 172 valence electrons. The van der Waals surface area contributed by atoms with Crippen molar-refractivity contribution in [2.24, 2.45) is 28.6 Å². The van der Waals surface area contributed by atoms with Crippen LogP contribution in [0, 0.1) is 28.6 Å². The van der Waals surface area contributed by atoms with Gasteiger partial charge in [-0.05, 0) is 97.7 Å². The van der Waals surface area contributed by atoms with E-state index in [-0.39, 0.29) is 29.4 Å². The van der Waals surface area contributed by atoms with Gasteiger partial charge >= 0.3 is 0 Å². The Hall–Kier alpha value is -1.91. The molecule has 0 aliphatic heterocycles. The van der Waals surface area contributed by atoms with Crippen molar-refractivity contribution in [3.63, 3.8) is 0 Å². The summed E-state index contributed by atoms with van der Waals surface area (Å²) in [7, 11) is 0. The molecule has 5 rings (SSSR count). The number of allylic oxidation sites excluding steroid dienone is 3. The molecule has 1 aromatic carbocycles. The smallest absolute Gasteiger partial charge is 0.255 e. The molecule has 0 saturated heterocycles. The summed E-state index contributed by atoms with van der Waals surface area (Å²) in [6.45, 7) is 4.65. The third-order valence-electron chi connectivity index (χ3n) is 9.64. The summed E-state index contributed by atoms with van der Waals surface area (Å²) in [4.78, 5) is 12.8. The van der Waals surface area contributed by atoms with Gasteiger partial charge in [-0.1, -0.05) is 43.7 Å². The largest absolute Gasteiger partial charge is 0.393 e. The van der Waals surface area contributed by atoms with Gasteiger partial charge in [-0.3, -0.25) is 4.79 Å². The van der Waals surface area contributed by atoms with Gasteiger partial charge in [-0.2, -0.15) is 0 Å². The van der Waals surface area contributed by atoms with E-state index in [1.165, 1.54) is 5.57 Å². The second-order valence-electron chi connectivity index (χ2n) is 11.1. The van der Waals surface area contributed by atoms with Crippen molar-refractivity contribution in [3.8, 4) is 0 Å². The highest BCUT2D eigenvalue weighted by Gasteiger charge is 2.57. The fourth-order valence-electron chi connectivity index (χ4n) is 8.06. The summed E-state index contributed by atoms with van der Waals surface area (Å²) >= 11 is 0. The average molecular weight is 436 g/mol. The molecule has 1 amide bonds. The minimum Gasteiger partial charge on any atom is -0.393 e. The Morgan fingerprint density at radius 3 is 2.56 bits per heavy atom. The molecule has 4 nitrogen and oxygen atoms in total. The Labute approximate surface area is 191 Å². The normalized spacial score (nSPS) is 39.9. The minimum atomic E-state index is -0.169. The Balaban J connectivity index is 1.43. The molecule has 0 unspecified atom stereocenters. The maximum Gasteiger partial charge on any atom is 0.255 e. The van der Waals surface area contributed by atoms with E-state index in [0.29, 0.717) is 29.0 Å². The highest BCUT2D eigenvalue weighted by atomic mass is 16.3. The summed E-state index contributed by atoms with van der Waals surface area (Å²) in [6.07, 6.45) is 10.7. The standard InChI is InChI=1S/C28H37NO3/c1-27-15-14-23-21(11-9-19-8-10-20(31)16-28(19,23)2)22(27)12-13-24(27)25(17-30)29-26(32)18-6-4-3-5-7-18/h3-7,9,20-23,30-31H,8,10-17H2,1-2H3,(H,29,32)/t20-,21+,22+,23+,27+,28+/m1/s1. The summed E-state index contributed by atoms with van der Waals surface area (Å²) in [6, 6.07) is 9.25. The predicted molar refractivity (Wildman–Crippen MR) is 126 cm³/mol. The maximum absolute atomic E-state index is 12.8. The van der Waals surface area contributed by atoms with Gasteiger partial charge in [0.2, 0.25) is 0 Å². The molecule has 0 bridgehead atoms. The summed E-state index contributed by atoms with van der Waals surface area (Å²) in [5, 5.41) is 23.8. The SMILES string of the molecule is C[C@]12C[C@H](O)CCC1=CC[C@@H]1[C@@H]2CC[C@]2(C)C(=C(CO)NC(=O)c3ccccc3)CC[C@@H]12. The summed E-state index contributed by atoms with van der Waals surface area (Å²) < 4.78 is 0. The Morgan fingerprint density at radius 1 is 1.06 bits per heavy atom. The van der Waals surface area contributed by atoms with E-state index in [1.54, 1.807) is 5.57 Å². The number of benzene rings is 1. The Kier molecular flexibility index (Phi) is 5.58. The van der Waals surface area contributed by atoms with Crippen LogP contribution in [0.5, 0.6) is 0 Å². The highest BCUT2D eigenvalue weighted by Crippen LogP contribution is 2.66. The van der Waals surface area contributed by atoms with E-state index in [1.807, 2.05) is 30.3 Å². The molecule has 0 spiro atoms. The lowest BCUT2D eigenvalue weighted by Gasteiger charge is -2.57. The van der Waals surface area contributed by atoms with Crippen molar-refractivity contribution in [1.82, 2.24) is 5.32 Å². The molecule has 3 fully saturated rings. The molecular formula is C28H37NO3. The number of fused-ring (bicyclic) bond motifs is 5. The van der Waals surface area contributed by atoms with Crippen LogP contribution < -0.4 is 5.32 Å². The quantitative estimate of drug-likeness (QED) is 0.586. The number of carbonyl (C=O) groups is 1. The summed E-state index contributed by atoms with van der Waals surface area (Å²) in [5.74, 6) is 1.68. The number of aliphatic hydroxyl groups is 2. The van der Waals surface area contributed by atoms with E-state index >= 15 is 0 Å². The highest BCUT2D eigenvalue weighted by molar-refractivity contribution is 5.95. The molecule has 32 heavy (non-hydrogen) atoms. The predicted octanol–water partition coefficient (Wildman–Crippen LogP) is 4.99. The van der Waals surface area contributed by atoms with E-state index in [2.05, 4.69) is 25.2 Å². The first-order chi connectivity index (χ1) is 15.4. The number of nitrogens with one attached hydrogen (secondary N) is 1. The van der Waals surface area contributed by atoms with Crippen LogP contribution in [0.15, 0.2) is 53.3 Å². The molecule has 3 N–H and O–H groups in total. The zero-order valence-corrected chi connectivity index (χ0v) is 19.4. The second kappa shape index (κ2) is 8.14. The van der Waals surface area contributed by atoms with Gasteiger partial charge in [-0.25, -0.2) is 0 Å². The molecule has 0 heterocycles. The van der Waals surface area contributed by atoms with Crippen molar-refractivity contribution < 1.29 is 15.0 Å². The molecular weight excluding hydrogens is 398 g/mol. The summed E-state index contributed by atoms with van der Waals surface area (Å²) in [5.41, 5.74) is 4.35. The van der Waals surface area contributed by atoms with E-state index in [0.717, 1.165) is 51.4 Å². The minimum absolute atomic E-state index is 0.0260. The van der Waals surface area contributed by atoms with Crippen LogP contribution in [0.2, 0.25) is 0 Å². The molecule has 6 atom stereocenters. The van der Waals surface area contributed by atoms with Crippen LogP contribution in [0.4, 0.5) is 0 Å². The monoisotopic (exact) mass is 435 g/mol. The van der Waals surface area contributed by atoms with Gasteiger partial charge in [0.15, 0.2) is 0 Å². The van der Waals surface area contributed by atoms with Crippen LogP contribution in [0.25, 0.3) is 0 Å². The lowest BCUT2D eigenvalue weighted by atomic mass is 9.47. The number of carbonyl (C=O) groups excluding carboxylic acids is 1. The first-order valence-electron chi connectivity index (χ1n) is 12.4. The number of rotatable bonds is 3. The first-order valence-corrected chi connectivity index (χ1v) is 12.4. The van der Waals surface area contributed by atoms with Crippen molar-refractivity contribution in [1.29, 1.82) is 0 Å². The zero-order chi connectivity index (χ0) is 22.5. The fraction of sp³-hybridized carbons (Fsp3) is 0.607. The lowest BCUT2D eigenvalue weighted by Crippen LogP contribution is -2.50. The number of hydrogen-bond acceptors (Lipinski definition) is 3. The van der Waals surface area contributed by atoms with Gasteiger partial charge in [0.25, 0.3) is 5.91 Å². The third kappa shape index (κ3) is 3.38. The molecule has 4 heteroatoms. The van der Waals surface area contributed by atoms with Gasteiger partial charge in [0.1, 0.15) is 0 Å². The second-order valence-corrected chi connectivity index (χ2v) is 11.1. The number of hydrogen-bond donors (Lipinski definition) is 3. The fourth-order valence-corrected chi connectivity index (χ4v) is 8.06. The van der Waals surface area contributed by atoms with Crippen LogP contribution in [0.3, 0.4) is 0 Å². The lowest BCUT2D eigenvalue weighted by molar-refractivity contribution is -0.0373. The van der Waals surface area contributed by atoms with Crippen molar-refractivity contribution in [2.75, 3.05) is 6.61 Å². The van der Waals surface area contributed by atoms with E-state index < -0.39 is 0 Å². The zero-order valence-electron chi connectivity index (χ0n) is 19.4. The Morgan fingerprint density at radius 2 is 1.81 bits per heavy atom. The van der Waals surface area contributed by atoms with Crippen molar-refractivity contribution in [3.05, 3.63) is 58.8 Å². The van der Waals surface area contributed by atoms with Crippen LogP contribution in [-0.2, 0) is 0 Å². The average Bonchev–Trinajstić information content (AvgIpc) is 3.14. The first kappa shape index (κ1) is 21.9. The molecule has 3 saturated carbocycles. The van der Waals surface area contributed by atoms with Gasteiger partial charge in [0, 0.05) is 11.3 Å². The van der Waals surface area contributed by atoms with E-state index in [4.69, 9.17) is 0 Å². The third-order valence-corrected chi connectivity index (χ3v) is 9.64. The van der Waals surface area contributed by atoms with Crippen LogP contribution >= 0.6 is 0 Å². The van der Waals surface area contributed by atoms with Crippen LogP contribution in [0.1, 0.15) is 75.6 Å². The molecule has 4 aliphatic rings. The molecule has 1 aromatic rings. The molecule has 0 aromatic heterocycles. The molecule has 4 aliphatic carbocycles. The maximum atomic E-state index is 12.8. The van der Waals surface area contributed by atoms with Gasteiger partial charge < -0.3 is 15.5 Å². The number of aliphatic hydroxyl groups excluding tert-OH is 2. The van der Waals surface area contributed by atoms with E-state index in [9.17, 15) is 15.0 Å².